The SMILES string of the molecule is Cc1cc(C)cc(COc2ccc(Br)cc2/C=N\O)c1. The molecule has 20 heavy (non-hydrogen) atoms. The van der Waals surface area contributed by atoms with E-state index in [2.05, 4.69) is 53.1 Å². The Hall–Kier alpha value is -1.81. The van der Waals surface area contributed by atoms with Crippen LogP contribution in [0.25, 0.3) is 0 Å². The van der Waals surface area contributed by atoms with E-state index in [4.69, 9.17) is 9.94 Å². The summed E-state index contributed by atoms with van der Waals surface area (Å²) in [4.78, 5) is 0. The van der Waals surface area contributed by atoms with Crippen LogP contribution in [0, 0.1) is 13.8 Å². The predicted octanol–water partition coefficient (Wildman–Crippen LogP) is 4.45. The van der Waals surface area contributed by atoms with Gasteiger partial charge in [0.25, 0.3) is 0 Å². The topological polar surface area (TPSA) is 41.8 Å². The summed E-state index contributed by atoms with van der Waals surface area (Å²) >= 11 is 3.38. The molecule has 0 aliphatic heterocycles. The van der Waals surface area contributed by atoms with E-state index in [1.165, 1.54) is 17.3 Å². The third-order valence-corrected chi connectivity index (χ3v) is 3.34. The Kier molecular flexibility index (Phi) is 4.79. The van der Waals surface area contributed by atoms with Crippen molar-refractivity contribution in [1.82, 2.24) is 0 Å². The van der Waals surface area contributed by atoms with Crippen LogP contribution in [0.3, 0.4) is 0 Å². The molecule has 0 amide bonds. The maximum atomic E-state index is 8.69. The fraction of sp³-hybridized carbons (Fsp3) is 0.188. The van der Waals surface area contributed by atoms with Gasteiger partial charge in [-0.05, 0) is 37.6 Å². The fourth-order valence-corrected chi connectivity index (χ4v) is 2.51. The molecule has 0 heterocycles. The van der Waals surface area contributed by atoms with Crippen molar-refractivity contribution in [2.24, 2.45) is 5.16 Å². The van der Waals surface area contributed by atoms with Crippen molar-refractivity contribution in [3.63, 3.8) is 0 Å². The lowest BCUT2D eigenvalue weighted by Crippen LogP contribution is -1.99. The van der Waals surface area contributed by atoms with Gasteiger partial charge in [-0.1, -0.05) is 50.4 Å². The number of ether oxygens (including phenoxy) is 1. The van der Waals surface area contributed by atoms with Crippen LogP contribution in [-0.4, -0.2) is 11.4 Å². The number of oxime groups is 1. The summed E-state index contributed by atoms with van der Waals surface area (Å²) in [6.07, 6.45) is 1.36. The largest absolute Gasteiger partial charge is 0.488 e. The van der Waals surface area contributed by atoms with E-state index >= 15 is 0 Å². The zero-order valence-electron chi connectivity index (χ0n) is 11.4. The number of hydrogen-bond donors (Lipinski definition) is 1. The summed E-state index contributed by atoms with van der Waals surface area (Å²) in [7, 11) is 0. The average molecular weight is 334 g/mol. The van der Waals surface area contributed by atoms with Gasteiger partial charge >= 0.3 is 0 Å². The Labute approximate surface area is 127 Å². The Morgan fingerprint density at radius 1 is 1.15 bits per heavy atom. The number of hydrogen-bond acceptors (Lipinski definition) is 3. The van der Waals surface area contributed by atoms with Gasteiger partial charge in [-0.15, -0.1) is 0 Å². The molecule has 0 aliphatic carbocycles. The Bertz CT molecular complexity index is 618. The molecule has 1 N–H and O–H groups in total. The molecule has 0 radical (unpaired) electrons. The molecule has 0 bridgehead atoms. The van der Waals surface area contributed by atoms with Gasteiger partial charge in [0.2, 0.25) is 0 Å². The van der Waals surface area contributed by atoms with Gasteiger partial charge in [-0.2, -0.15) is 0 Å². The molecule has 2 aromatic carbocycles. The van der Waals surface area contributed by atoms with E-state index in [1.807, 2.05) is 18.2 Å². The number of halogens is 1. The van der Waals surface area contributed by atoms with E-state index in [0.29, 0.717) is 12.4 Å². The Balaban J connectivity index is 2.18. The first-order valence-electron chi connectivity index (χ1n) is 6.25. The lowest BCUT2D eigenvalue weighted by molar-refractivity contribution is 0.304. The van der Waals surface area contributed by atoms with Gasteiger partial charge in [0.05, 0.1) is 6.21 Å². The first-order valence-corrected chi connectivity index (χ1v) is 7.05. The predicted molar refractivity (Wildman–Crippen MR) is 83.8 cm³/mol. The zero-order chi connectivity index (χ0) is 14.5. The van der Waals surface area contributed by atoms with E-state index in [1.54, 1.807) is 0 Å². The third-order valence-electron chi connectivity index (χ3n) is 2.84. The molecule has 0 aliphatic rings. The smallest absolute Gasteiger partial charge is 0.128 e. The zero-order valence-corrected chi connectivity index (χ0v) is 13.0. The summed E-state index contributed by atoms with van der Waals surface area (Å²) in [6, 6.07) is 11.9. The van der Waals surface area contributed by atoms with E-state index < -0.39 is 0 Å². The lowest BCUT2D eigenvalue weighted by Gasteiger charge is -2.10. The lowest BCUT2D eigenvalue weighted by atomic mass is 10.1. The van der Waals surface area contributed by atoms with Crippen LogP contribution < -0.4 is 4.74 Å². The van der Waals surface area contributed by atoms with Crippen LogP contribution in [0.15, 0.2) is 46.0 Å². The van der Waals surface area contributed by atoms with Crippen LogP contribution in [0.2, 0.25) is 0 Å². The number of benzene rings is 2. The summed E-state index contributed by atoms with van der Waals surface area (Å²) in [5.74, 6) is 0.685. The molecule has 0 saturated heterocycles. The highest BCUT2D eigenvalue weighted by molar-refractivity contribution is 9.10. The molecule has 0 spiro atoms. The molecular weight excluding hydrogens is 318 g/mol. The van der Waals surface area contributed by atoms with Gasteiger partial charge in [0.15, 0.2) is 0 Å². The second-order valence-electron chi connectivity index (χ2n) is 4.71. The van der Waals surface area contributed by atoms with Crippen molar-refractivity contribution in [3.05, 3.63) is 63.1 Å². The van der Waals surface area contributed by atoms with E-state index in [9.17, 15) is 0 Å². The molecular formula is C16H16BrNO2. The summed E-state index contributed by atoms with van der Waals surface area (Å²) in [5.41, 5.74) is 4.29. The van der Waals surface area contributed by atoms with Crippen molar-refractivity contribution < 1.29 is 9.94 Å². The molecule has 0 atom stereocenters. The second-order valence-corrected chi connectivity index (χ2v) is 5.63. The molecule has 0 unspecified atom stereocenters. The van der Waals surface area contributed by atoms with Gasteiger partial charge in [0, 0.05) is 10.0 Å². The first-order chi connectivity index (χ1) is 9.58. The van der Waals surface area contributed by atoms with Crippen molar-refractivity contribution in [2.45, 2.75) is 20.5 Å². The highest BCUT2D eigenvalue weighted by atomic mass is 79.9. The van der Waals surface area contributed by atoms with Crippen molar-refractivity contribution in [2.75, 3.05) is 0 Å². The summed E-state index contributed by atoms with van der Waals surface area (Å²) in [5, 5.41) is 11.8. The quantitative estimate of drug-likeness (QED) is 0.510. The van der Waals surface area contributed by atoms with Crippen molar-refractivity contribution in [1.29, 1.82) is 0 Å². The molecule has 0 aromatic heterocycles. The summed E-state index contributed by atoms with van der Waals surface area (Å²) in [6.45, 7) is 4.62. The van der Waals surface area contributed by atoms with Crippen LogP contribution in [0.1, 0.15) is 22.3 Å². The van der Waals surface area contributed by atoms with E-state index in [-0.39, 0.29) is 0 Å². The van der Waals surface area contributed by atoms with Gasteiger partial charge < -0.3 is 9.94 Å². The molecule has 0 fully saturated rings. The minimum absolute atomic E-state index is 0.483. The number of rotatable bonds is 4. The molecule has 2 aromatic rings. The van der Waals surface area contributed by atoms with Crippen molar-refractivity contribution >= 4 is 22.1 Å². The molecule has 104 valence electrons. The van der Waals surface area contributed by atoms with Gasteiger partial charge in [0.1, 0.15) is 12.4 Å². The molecule has 0 saturated carbocycles. The fourth-order valence-electron chi connectivity index (χ4n) is 2.13. The van der Waals surface area contributed by atoms with Crippen LogP contribution in [0.5, 0.6) is 5.75 Å². The Morgan fingerprint density at radius 2 is 1.85 bits per heavy atom. The third kappa shape index (κ3) is 3.84. The monoisotopic (exact) mass is 333 g/mol. The molecule has 2 rings (SSSR count). The minimum Gasteiger partial charge on any atom is -0.488 e. The molecule has 4 heteroatoms. The second kappa shape index (κ2) is 6.57. The molecule has 3 nitrogen and oxygen atoms in total. The van der Waals surface area contributed by atoms with Gasteiger partial charge in [-0.25, -0.2) is 0 Å². The number of nitrogens with zero attached hydrogens (tertiary/aromatic N) is 1. The highest BCUT2D eigenvalue weighted by Gasteiger charge is 2.04. The van der Waals surface area contributed by atoms with E-state index in [0.717, 1.165) is 15.6 Å². The summed E-state index contributed by atoms with van der Waals surface area (Å²) < 4.78 is 6.73. The van der Waals surface area contributed by atoms with Crippen molar-refractivity contribution in [3.8, 4) is 5.75 Å². The Morgan fingerprint density at radius 3 is 2.50 bits per heavy atom. The van der Waals surface area contributed by atoms with Crippen LogP contribution in [-0.2, 0) is 6.61 Å². The standard InChI is InChI=1S/C16H16BrNO2/c1-11-5-12(2)7-13(6-11)10-20-16-4-3-15(17)8-14(16)9-18-19/h3-9,19H,10H2,1-2H3/b18-9-. The van der Waals surface area contributed by atoms with Crippen LogP contribution in [0.4, 0.5) is 0 Å². The number of aryl methyl sites for hydroxylation is 2. The maximum Gasteiger partial charge on any atom is 0.128 e. The van der Waals surface area contributed by atoms with Gasteiger partial charge in [-0.3, -0.25) is 0 Å². The minimum atomic E-state index is 0.483. The van der Waals surface area contributed by atoms with Crippen LogP contribution >= 0.6 is 15.9 Å². The maximum absolute atomic E-state index is 8.69. The first kappa shape index (κ1) is 14.6. The average Bonchev–Trinajstić information content (AvgIpc) is 2.37. The normalized spacial score (nSPS) is 10.9. The highest BCUT2D eigenvalue weighted by Crippen LogP contribution is 2.23.